The van der Waals surface area contributed by atoms with Crippen LogP contribution < -0.4 is 15.2 Å². The maximum absolute atomic E-state index is 11.3. The maximum atomic E-state index is 11.3. The van der Waals surface area contributed by atoms with Gasteiger partial charge in [0.25, 0.3) is 0 Å². The van der Waals surface area contributed by atoms with Crippen molar-refractivity contribution in [3.63, 3.8) is 0 Å². The number of para-hydroxylation sites is 1. The Balaban J connectivity index is 3.25. The van der Waals surface area contributed by atoms with Gasteiger partial charge in [-0.1, -0.05) is 19.1 Å². The molecule has 1 rings (SSSR count). The number of amides is 1. The molecule has 1 amide bonds. The third-order valence-electron chi connectivity index (χ3n) is 2.56. The van der Waals surface area contributed by atoms with Crippen LogP contribution in [0.5, 0.6) is 11.5 Å². The molecule has 0 heterocycles. The Labute approximate surface area is 95.3 Å². The number of primary amides is 1. The minimum atomic E-state index is -0.353. The molecule has 0 saturated heterocycles. The Kier molecular flexibility index (Phi) is 4.17. The Bertz CT molecular complexity index is 377. The average Bonchev–Trinajstić information content (AvgIpc) is 2.29. The van der Waals surface area contributed by atoms with Gasteiger partial charge in [0, 0.05) is 5.56 Å². The number of benzene rings is 1. The highest BCUT2D eigenvalue weighted by molar-refractivity contribution is 5.83. The fraction of sp³-hybridized carbons (Fsp3) is 0.417. The van der Waals surface area contributed by atoms with Gasteiger partial charge in [0.15, 0.2) is 11.5 Å². The normalized spacial score (nSPS) is 11.9. The highest BCUT2D eigenvalue weighted by Crippen LogP contribution is 2.36. The second-order valence-electron chi connectivity index (χ2n) is 3.45. The number of carbonyl (C=O) groups excluding carboxylic acids is 1. The molecular weight excluding hydrogens is 206 g/mol. The summed E-state index contributed by atoms with van der Waals surface area (Å²) in [5.74, 6) is 0.495. The summed E-state index contributed by atoms with van der Waals surface area (Å²) in [7, 11) is 3.11. The fourth-order valence-corrected chi connectivity index (χ4v) is 1.76. The fourth-order valence-electron chi connectivity index (χ4n) is 1.76. The number of methoxy groups -OCH3 is 2. The molecule has 4 heteroatoms. The quantitative estimate of drug-likeness (QED) is 0.826. The van der Waals surface area contributed by atoms with Crippen LogP contribution >= 0.6 is 0 Å². The predicted molar refractivity (Wildman–Crippen MR) is 61.8 cm³/mol. The zero-order valence-electron chi connectivity index (χ0n) is 9.82. The molecule has 0 spiro atoms. The van der Waals surface area contributed by atoms with Crippen molar-refractivity contribution in [1.82, 2.24) is 0 Å². The van der Waals surface area contributed by atoms with Gasteiger partial charge in [-0.05, 0) is 12.5 Å². The summed E-state index contributed by atoms with van der Waals surface area (Å²) < 4.78 is 10.4. The molecule has 1 aromatic carbocycles. The number of carbonyl (C=O) groups is 1. The standard InChI is InChI=1S/C12H17NO3/c1-4-8(12(13)14)9-6-5-7-10(15-2)11(9)16-3/h5-8H,4H2,1-3H3,(H2,13,14). The number of rotatable bonds is 5. The number of ether oxygens (including phenoxy) is 2. The predicted octanol–water partition coefficient (Wildman–Crippen LogP) is 1.68. The van der Waals surface area contributed by atoms with Crippen molar-refractivity contribution in [3.8, 4) is 11.5 Å². The molecular formula is C12H17NO3. The lowest BCUT2D eigenvalue weighted by atomic mass is 9.94. The number of hydrogen-bond acceptors (Lipinski definition) is 3. The highest BCUT2D eigenvalue weighted by Gasteiger charge is 2.21. The Morgan fingerprint density at radius 2 is 2.06 bits per heavy atom. The van der Waals surface area contributed by atoms with E-state index in [4.69, 9.17) is 15.2 Å². The average molecular weight is 223 g/mol. The molecule has 1 atom stereocenters. The van der Waals surface area contributed by atoms with Crippen LogP contribution in [0.4, 0.5) is 0 Å². The van der Waals surface area contributed by atoms with Gasteiger partial charge >= 0.3 is 0 Å². The van der Waals surface area contributed by atoms with Gasteiger partial charge < -0.3 is 15.2 Å². The van der Waals surface area contributed by atoms with E-state index in [0.717, 1.165) is 5.56 Å². The molecule has 0 fully saturated rings. The van der Waals surface area contributed by atoms with Gasteiger partial charge in [-0.2, -0.15) is 0 Å². The van der Waals surface area contributed by atoms with E-state index in [0.29, 0.717) is 17.9 Å². The largest absolute Gasteiger partial charge is 0.493 e. The monoisotopic (exact) mass is 223 g/mol. The lowest BCUT2D eigenvalue weighted by Crippen LogP contribution is -2.21. The van der Waals surface area contributed by atoms with Crippen LogP contribution in [0.15, 0.2) is 18.2 Å². The van der Waals surface area contributed by atoms with Crippen LogP contribution in [-0.4, -0.2) is 20.1 Å². The summed E-state index contributed by atoms with van der Waals surface area (Å²) in [6.45, 7) is 1.91. The van der Waals surface area contributed by atoms with Gasteiger partial charge in [0.2, 0.25) is 5.91 Å². The molecule has 0 bridgehead atoms. The van der Waals surface area contributed by atoms with Crippen LogP contribution in [0.2, 0.25) is 0 Å². The minimum absolute atomic E-state index is 0.343. The van der Waals surface area contributed by atoms with Crippen LogP contribution in [0.1, 0.15) is 24.8 Å². The second kappa shape index (κ2) is 5.39. The maximum Gasteiger partial charge on any atom is 0.225 e. The van der Waals surface area contributed by atoms with Crippen molar-refractivity contribution >= 4 is 5.91 Å². The zero-order valence-corrected chi connectivity index (χ0v) is 9.82. The molecule has 4 nitrogen and oxygen atoms in total. The first kappa shape index (κ1) is 12.4. The van der Waals surface area contributed by atoms with E-state index in [1.165, 1.54) is 0 Å². The van der Waals surface area contributed by atoms with Crippen LogP contribution in [0.3, 0.4) is 0 Å². The number of hydrogen-bond donors (Lipinski definition) is 1. The SMILES string of the molecule is CCC(C(N)=O)c1cccc(OC)c1OC. The molecule has 1 aromatic rings. The van der Waals surface area contributed by atoms with E-state index in [1.807, 2.05) is 19.1 Å². The highest BCUT2D eigenvalue weighted by atomic mass is 16.5. The van der Waals surface area contributed by atoms with Crippen molar-refractivity contribution < 1.29 is 14.3 Å². The number of nitrogens with two attached hydrogens (primary N) is 1. The van der Waals surface area contributed by atoms with Gasteiger partial charge in [0.1, 0.15) is 0 Å². The summed E-state index contributed by atoms with van der Waals surface area (Å²) in [6, 6.07) is 5.44. The van der Waals surface area contributed by atoms with E-state index >= 15 is 0 Å². The van der Waals surface area contributed by atoms with Crippen molar-refractivity contribution in [2.45, 2.75) is 19.3 Å². The van der Waals surface area contributed by atoms with E-state index < -0.39 is 0 Å². The first-order valence-electron chi connectivity index (χ1n) is 5.15. The van der Waals surface area contributed by atoms with Crippen molar-refractivity contribution in [2.24, 2.45) is 5.73 Å². The molecule has 0 aliphatic heterocycles. The summed E-state index contributed by atoms with van der Waals surface area (Å²) in [5.41, 5.74) is 6.13. The molecule has 0 saturated carbocycles. The smallest absolute Gasteiger partial charge is 0.225 e. The third kappa shape index (κ3) is 2.27. The second-order valence-corrected chi connectivity index (χ2v) is 3.45. The van der Waals surface area contributed by atoms with E-state index in [-0.39, 0.29) is 11.8 Å². The van der Waals surface area contributed by atoms with E-state index in [1.54, 1.807) is 20.3 Å². The topological polar surface area (TPSA) is 61.6 Å². The van der Waals surface area contributed by atoms with Crippen LogP contribution in [-0.2, 0) is 4.79 Å². The summed E-state index contributed by atoms with van der Waals surface area (Å²) in [6.07, 6.45) is 0.638. The molecule has 2 N–H and O–H groups in total. The van der Waals surface area contributed by atoms with Gasteiger partial charge in [-0.25, -0.2) is 0 Å². The van der Waals surface area contributed by atoms with Gasteiger partial charge in [-0.15, -0.1) is 0 Å². The van der Waals surface area contributed by atoms with Gasteiger partial charge in [0.05, 0.1) is 20.1 Å². The van der Waals surface area contributed by atoms with Crippen LogP contribution in [0.25, 0.3) is 0 Å². The molecule has 0 aromatic heterocycles. The van der Waals surface area contributed by atoms with Crippen molar-refractivity contribution in [1.29, 1.82) is 0 Å². The third-order valence-corrected chi connectivity index (χ3v) is 2.56. The zero-order chi connectivity index (χ0) is 12.1. The molecule has 88 valence electrons. The summed E-state index contributed by atoms with van der Waals surface area (Å²) in [4.78, 5) is 11.3. The molecule has 0 aliphatic rings. The molecule has 0 radical (unpaired) electrons. The van der Waals surface area contributed by atoms with Gasteiger partial charge in [-0.3, -0.25) is 4.79 Å². The first-order valence-corrected chi connectivity index (χ1v) is 5.15. The van der Waals surface area contributed by atoms with E-state index in [2.05, 4.69) is 0 Å². The molecule has 1 unspecified atom stereocenters. The molecule has 0 aliphatic carbocycles. The summed E-state index contributed by atoms with van der Waals surface area (Å²) in [5, 5.41) is 0. The minimum Gasteiger partial charge on any atom is -0.493 e. The Hall–Kier alpha value is -1.71. The van der Waals surface area contributed by atoms with Crippen molar-refractivity contribution in [3.05, 3.63) is 23.8 Å². The Morgan fingerprint density at radius 3 is 2.50 bits per heavy atom. The van der Waals surface area contributed by atoms with Crippen molar-refractivity contribution in [2.75, 3.05) is 14.2 Å². The Morgan fingerprint density at radius 1 is 1.38 bits per heavy atom. The lowest BCUT2D eigenvalue weighted by molar-refractivity contribution is -0.119. The molecule has 16 heavy (non-hydrogen) atoms. The lowest BCUT2D eigenvalue weighted by Gasteiger charge is -2.17. The van der Waals surface area contributed by atoms with E-state index in [9.17, 15) is 4.79 Å². The first-order chi connectivity index (χ1) is 7.65. The van der Waals surface area contributed by atoms with Crippen LogP contribution in [0, 0.1) is 0 Å². The summed E-state index contributed by atoms with van der Waals surface area (Å²) >= 11 is 0.